The minimum atomic E-state index is -0.321. The van der Waals surface area contributed by atoms with Gasteiger partial charge < -0.3 is 11.1 Å². The highest BCUT2D eigenvalue weighted by Crippen LogP contribution is 2.21. The van der Waals surface area contributed by atoms with Gasteiger partial charge in [-0.3, -0.25) is 4.79 Å². The van der Waals surface area contributed by atoms with Crippen LogP contribution in [0, 0.1) is 0 Å². The average Bonchev–Trinajstić information content (AvgIpc) is 1.92. The first kappa shape index (κ1) is 8.23. The molecule has 0 bridgehead atoms. The number of carbonyl (C=O) groups excluding carboxylic acids is 1. The molecule has 1 amide bonds. The Bertz CT molecular complexity index is 131. The van der Waals surface area contributed by atoms with E-state index in [1.807, 2.05) is 0 Å². The Morgan fingerprint density at radius 2 is 2.40 bits per heavy atom. The summed E-state index contributed by atoms with van der Waals surface area (Å²) in [5.74, 6) is 1.67. The van der Waals surface area contributed by atoms with Gasteiger partial charge in [0.2, 0.25) is 5.91 Å². The first-order valence-corrected chi connectivity index (χ1v) is 5.57. The van der Waals surface area contributed by atoms with Crippen LogP contribution in [-0.4, -0.2) is 30.0 Å². The van der Waals surface area contributed by atoms with Crippen LogP contribution in [-0.2, 0) is 4.79 Å². The van der Waals surface area contributed by atoms with E-state index in [4.69, 9.17) is 5.73 Å². The lowest BCUT2D eigenvalue weighted by Gasteiger charge is -2.14. The van der Waals surface area contributed by atoms with E-state index in [9.17, 15) is 4.79 Å². The number of carbonyl (C=O) groups is 1. The van der Waals surface area contributed by atoms with Crippen molar-refractivity contribution >= 4 is 27.5 Å². The highest BCUT2D eigenvalue weighted by molar-refractivity contribution is 8.76. The SMILES string of the molecule is NC1CSSCCNC1=O. The molecule has 0 aliphatic carbocycles. The first-order valence-electron chi connectivity index (χ1n) is 3.08. The van der Waals surface area contributed by atoms with Crippen molar-refractivity contribution in [2.24, 2.45) is 5.73 Å². The molecule has 1 unspecified atom stereocenters. The molecule has 10 heavy (non-hydrogen) atoms. The van der Waals surface area contributed by atoms with Gasteiger partial charge in [-0.1, -0.05) is 21.6 Å². The van der Waals surface area contributed by atoms with Crippen LogP contribution in [0.1, 0.15) is 0 Å². The van der Waals surface area contributed by atoms with E-state index in [0.29, 0.717) is 0 Å². The van der Waals surface area contributed by atoms with E-state index in [-0.39, 0.29) is 11.9 Å². The molecule has 3 N–H and O–H groups in total. The minimum absolute atomic E-state index is 0.0206. The lowest BCUT2D eigenvalue weighted by molar-refractivity contribution is -0.121. The van der Waals surface area contributed by atoms with Gasteiger partial charge in [0.25, 0.3) is 0 Å². The molecule has 3 nitrogen and oxygen atoms in total. The fraction of sp³-hybridized carbons (Fsp3) is 0.800. The number of amides is 1. The number of nitrogens with one attached hydrogen (secondary N) is 1. The van der Waals surface area contributed by atoms with Crippen LogP contribution in [0.5, 0.6) is 0 Å². The van der Waals surface area contributed by atoms with Crippen molar-refractivity contribution in [3.8, 4) is 0 Å². The average molecular weight is 178 g/mol. The third-order valence-electron chi connectivity index (χ3n) is 1.15. The second-order valence-electron chi connectivity index (χ2n) is 2.00. The van der Waals surface area contributed by atoms with Crippen LogP contribution in [0.25, 0.3) is 0 Å². The highest BCUT2D eigenvalue weighted by Gasteiger charge is 2.14. The smallest absolute Gasteiger partial charge is 0.237 e. The van der Waals surface area contributed by atoms with Crippen LogP contribution in [0.2, 0.25) is 0 Å². The molecule has 58 valence electrons. The van der Waals surface area contributed by atoms with Crippen LogP contribution < -0.4 is 11.1 Å². The van der Waals surface area contributed by atoms with Crippen molar-refractivity contribution in [1.82, 2.24) is 5.32 Å². The maximum absolute atomic E-state index is 10.9. The first-order chi connectivity index (χ1) is 4.80. The summed E-state index contributed by atoms with van der Waals surface area (Å²) in [6.07, 6.45) is 0. The lowest BCUT2D eigenvalue weighted by atomic mass is 10.3. The van der Waals surface area contributed by atoms with Gasteiger partial charge in [-0.2, -0.15) is 0 Å². The summed E-state index contributed by atoms with van der Waals surface area (Å²) >= 11 is 0. The molecule has 1 fully saturated rings. The molecule has 1 aliphatic rings. The summed E-state index contributed by atoms with van der Waals surface area (Å²) in [4.78, 5) is 10.9. The molecule has 5 heteroatoms. The van der Waals surface area contributed by atoms with Gasteiger partial charge in [0.05, 0.1) is 6.04 Å². The van der Waals surface area contributed by atoms with E-state index in [0.717, 1.165) is 18.1 Å². The predicted molar refractivity (Wildman–Crippen MR) is 45.9 cm³/mol. The fourth-order valence-corrected chi connectivity index (χ4v) is 2.63. The molecule has 0 aromatic rings. The molecule has 1 atom stereocenters. The van der Waals surface area contributed by atoms with Gasteiger partial charge in [0.1, 0.15) is 0 Å². The largest absolute Gasteiger partial charge is 0.354 e. The minimum Gasteiger partial charge on any atom is -0.354 e. The number of hydrogen-bond acceptors (Lipinski definition) is 4. The van der Waals surface area contributed by atoms with Gasteiger partial charge in [0, 0.05) is 18.1 Å². The van der Waals surface area contributed by atoms with Crippen LogP contribution in [0.3, 0.4) is 0 Å². The van der Waals surface area contributed by atoms with E-state index >= 15 is 0 Å². The molecule has 1 aliphatic heterocycles. The number of hydrogen-bond donors (Lipinski definition) is 2. The molecule has 1 rings (SSSR count). The second-order valence-corrected chi connectivity index (χ2v) is 4.63. The zero-order chi connectivity index (χ0) is 7.40. The Hall–Kier alpha value is 0.130. The van der Waals surface area contributed by atoms with Gasteiger partial charge in [-0.05, 0) is 0 Å². The van der Waals surface area contributed by atoms with Crippen molar-refractivity contribution in [3.05, 3.63) is 0 Å². The van der Waals surface area contributed by atoms with Gasteiger partial charge >= 0.3 is 0 Å². The molecule has 0 saturated carbocycles. The quantitative estimate of drug-likeness (QED) is 0.505. The van der Waals surface area contributed by atoms with Crippen LogP contribution >= 0.6 is 21.6 Å². The summed E-state index contributed by atoms with van der Waals surface area (Å²) < 4.78 is 0. The molecule has 0 aromatic heterocycles. The Balaban J connectivity index is 2.35. The third kappa shape index (κ3) is 2.40. The van der Waals surface area contributed by atoms with E-state index < -0.39 is 0 Å². The van der Waals surface area contributed by atoms with Gasteiger partial charge in [0.15, 0.2) is 0 Å². The Labute approximate surface area is 67.9 Å². The molecular weight excluding hydrogens is 168 g/mol. The Morgan fingerprint density at radius 1 is 1.60 bits per heavy atom. The van der Waals surface area contributed by atoms with Gasteiger partial charge in [-0.25, -0.2) is 0 Å². The molecule has 0 radical (unpaired) electrons. The zero-order valence-corrected chi connectivity index (χ0v) is 7.13. The maximum atomic E-state index is 10.9. The van der Waals surface area contributed by atoms with Crippen molar-refractivity contribution in [3.63, 3.8) is 0 Å². The van der Waals surface area contributed by atoms with Gasteiger partial charge in [-0.15, -0.1) is 0 Å². The molecule has 1 heterocycles. The normalized spacial score (nSPS) is 28.5. The zero-order valence-electron chi connectivity index (χ0n) is 5.50. The van der Waals surface area contributed by atoms with E-state index in [2.05, 4.69) is 5.32 Å². The maximum Gasteiger partial charge on any atom is 0.237 e. The molecule has 0 aromatic carbocycles. The summed E-state index contributed by atoms with van der Waals surface area (Å²) in [5.41, 5.74) is 5.50. The molecular formula is C5H10N2OS2. The van der Waals surface area contributed by atoms with Crippen molar-refractivity contribution in [2.75, 3.05) is 18.1 Å². The molecule has 0 spiro atoms. The predicted octanol–water partition coefficient (Wildman–Crippen LogP) is -0.175. The van der Waals surface area contributed by atoms with Crippen molar-refractivity contribution in [1.29, 1.82) is 0 Å². The summed E-state index contributed by atoms with van der Waals surface area (Å²) in [7, 11) is 3.43. The topological polar surface area (TPSA) is 55.1 Å². The summed E-state index contributed by atoms with van der Waals surface area (Å²) in [6, 6.07) is -0.321. The highest BCUT2D eigenvalue weighted by atomic mass is 33.1. The third-order valence-corrected chi connectivity index (χ3v) is 3.59. The van der Waals surface area contributed by atoms with Crippen molar-refractivity contribution < 1.29 is 4.79 Å². The monoisotopic (exact) mass is 178 g/mol. The van der Waals surface area contributed by atoms with Crippen LogP contribution in [0.4, 0.5) is 0 Å². The lowest BCUT2D eigenvalue weighted by Crippen LogP contribution is -2.43. The Morgan fingerprint density at radius 3 is 3.20 bits per heavy atom. The summed E-state index contributed by atoms with van der Waals surface area (Å²) in [6.45, 7) is 0.740. The standard InChI is InChI=1S/C5H10N2OS2/c6-4-3-10-9-2-1-7-5(4)8/h4H,1-3,6H2,(H,7,8). The van der Waals surface area contributed by atoms with E-state index in [1.165, 1.54) is 0 Å². The number of nitrogens with two attached hydrogens (primary N) is 1. The van der Waals surface area contributed by atoms with E-state index in [1.54, 1.807) is 21.6 Å². The second kappa shape index (κ2) is 4.10. The Kier molecular flexibility index (Phi) is 3.37. The van der Waals surface area contributed by atoms with Crippen LogP contribution in [0.15, 0.2) is 0 Å². The van der Waals surface area contributed by atoms with Crippen molar-refractivity contribution in [2.45, 2.75) is 6.04 Å². The summed E-state index contributed by atoms with van der Waals surface area (Å²) in [5, 5.41) is 2.74. The molecule has 1 saturated heterocycles. The fourth-order valence-electron chi connectivity index (χ4n) is 0.603. The number of rotatable bonds is 0.